The van der Waals surface area contributed by atoms with Crippen LogP contribution in [0.1, 0.15) is 15.9 Å². The van der Waals surface area contributed by atoms with Gasteiger partial charge in [0.15, 0.2) is 0 Å². The Hall–Kier alpha value is -3.34. The summed E-state index contributed by atoms with van der Waals surface area (Å²) in [6, 6.07) is 18.6. The van der Waals surface area contributed by atoms with Gasteiger partial charge in [-0.3, -0.25) is 4.79 Å². The molecular formula is C21H18O5. The minimum atomic E-state index is -1.47. The zero-order valence-electron chi connectivity index (χ0n) is 14.3. The first-order valence-electron chi connectivity index (χ1n) is 8.17. The van der Waals surface area contributed by atoms with Gasteiger partial charge >= 0.3 is 5.97 Å². The molecule has 3 aromatic rings. The highest BCUT2D eigenvalue weighted by Gasteiger charge is 2.17. The fourth-order valence-electron chi connectivity index (χ4n) is 2.67. The second-order valence-corrected chi connectivity index (χ2v) is 5.82. The van der Waals surface area contributed by atoms with Crippen LogP contribution in [0.4, 0.5) is 0 Å². The van der Waals surface area contributed by atoms with Gasteiger partial charge in [0.05, 0.1) is 0 Å². The predicted molar refractivity (Wildman–Crippen MR) is 98.1 cm³/mol. The number of carbonyl (C=O) groups excluding carboxylic acids is 1. The summed E-state index contributed by atoms with van der Waals surface area (Å²) >= 11 is 0. The Morgan fingerprint density at radius 3 is 2.12 bits per heavy atom. The van der Waals surface area contributed by atoms with E-state index in [-0.39, 0.29) is 5.56 Å². The van der Waals surface area contributed by atoms with Crippen LogP contribution >= 0.6 is 0 Å². The lowest BCUT2D eigenvalue weighted by atomic mass is 10.0. The molecule has 0 amide bonds. The maximum absolute atomic E-state index is 11.5. The number of carboxylic acid groups (broad SMARTS) is 1. The molecule has 0 atom stereocenters. The molecule has 26 heavy (non-hydrogen) atoms. The van der Waals surface area contributed by atoms with E-state index in [0.29, 0.717) is 24.5 Å². The molecule has 0 saturated carbocycles. The Morgan fingerprint density at radius 1 is 0.846 bits per heavy atom. The lowest BCUT2D eigenvalue weighted by Crippen LogP contribution is -2.14. The molecule has 0 spiro atoms. The van der Waals surface area contributed by atoms with Gasteiger partial charge in [0.1, 0.15) is 24.7 Å². The molecule has 132 valence electrons. The minimum Gasteiger partial charge on any atom is -0.490 e. The number of aliphatic carboxylic acids is 1. The number of carboxylic acids is 1. The summed E-state index contributed by atoms with van der Waals surface area (Å²) in [5.74, 6) is -1.06. The van der Waals surface area contributed by atoms with Crippen LogP contribution in [0.15, 0.2) is 60.7 Å². The van der Waals surface area contributed by atoms with Crippen molar-refractivity contribution in [3.8, 4) is 11.5 Å². The van der Waals surface area contributed by atoms with Crippen LogP contribution in [-0.4, -0.2) is 30.1 Å². The minimum absolute atomic E-state index is 0.164. The first-order chi connectivity index (χ1) is 12.5. The largest absolute Gasteiger partial charge is 0.490 e. The van der Waals surface area contributed by atoms with Crippen LogP contribution in [-0.2, 0) is 4.79 Å². The van der Waals surface area contributed by atoms with E-state index in [1.165, 1.54) is 6.07 Å². The highest BCUT2D eigenvalue weighted by atomic mass is 16.5. The topological polar surface area (TPSA) is 72.8 Å². The number of fused-ring (bicyclic) bond motifs is 1. The van der Waals surface area contributed by atoms with Crippen LogP contribution in [0.3, 0.4) is 0 Å². The molecule has 0 radical (unpaired) electrons. The van der Waals surface area contributed by atoms with E-state index in [4.69, 9.17) is 14.6 Å². The molecule has 5 heteroatoms. The SMILES string of the molecule is Cc1cc(OCCOc2ccc3ccccc3c2)ccc1C(=O)C(=O)O. The fraction of sp³-hybridized carbons (Fsp3) is 0.143. The zero-order chi connectivity index (χ0) is 18.5. The molecule has 0 heterocycles. The van der Waals surface area contributed by atoms with Gasteiger partial charge in [0.25, 0.3) is 5.78 Å². The summed E-state index contributed by atoms with van der Waals surface area (Å²) in [6.07, 6.45) is 0. The van der Waals surface area contributed by atoms with Gasteiger partial charge in [0.2, 0.25) is 0 Å². The molecule has 1 N–H and O–H groups in total. The third kappa shape index (κ3) is 4.00. The predicted octanol–water partition coefficient (Wildman–Crippen LogP) is 3.87. The van der Waals surface area contributed by atoms with E-state index in [0.717, 1.165) is 16.5 Å². The van der Waals surface area contributed by atoms with Crippen molar-refractivity contribution < 1.29 is 24.2 Å². The zero-order valence-corrected chi connectivity index (χ0v) is 14.3. The van der Waals surface area contributed by atoms with Crippen molar-refractivity contribution in [2.75, 3.05) is 13.2 Å². The number of aryl methyl sites for hydroxylation is 1. The summed E-state index contributed by atoms with van der Waals surface area (Å²) in [6.45, 7) is 2.38. The van der Waals surface area contributed by atoms with Gasteiger partial charge < -0.3 is 14.6 Å². The second kappa shape index (κ2) is 7.70. The monoisotopic (exact) mass is 350 g/mol. The highest BCUT2D eigenvalue weighted by Crippen LogP contribution is 2.21. The molecular weight excluding hydrogens is 332 g/mol. The van der Waals surface area contributed by atoms with Crippen molar-refractivity contribution in [2.24, 2.45) is 0 Å². The van der Waals surface area contributed by atoms with Crippen molar-refractivity contribution in [2.45, 2.75) is 6.92 Å². The average molecular weight is 350 g/mol. The van der Waals surface area contributed by atoms with E-state index in [9.17, 15) is 9.59 Å². The van der Waals surface area contributed by atoms with Crippen LogP contribution in [0, 0.1) is 6.92 Å². The quantitative estimate of drug-likeness (QED) is 0.398. The van der Waals surface area contributed by atoms with E-state index in [1.54, 1.807) is 19.1 Å². The van der Waals surface area contributed by atoms with E-state index in [1.807, 2.05) is 42.5 Å². The molecule has 0 unspecified atom stereocenters. The maximum Gasteiger partial charge on any atom is 0.377 e. The van der Waals surface area contributed by atoms with Crippen LogP contribution in [0.25, 0.3) is 10.8 Å². The molecule has 3 aromatic carbocycles. The molecule has 0 aliphatic heterocycles. The van der Waals surface area contributed by atoms with Gasteiger partial charge in [-0.1, -0.05) is 30.3 Å². The number of benzene rings is 3. The number of ketones is 1. The van der Waals surface area contributed by atoms with Gasteiger partial charge in [-0.15, -0.1) is 0 Å². The average Bonchev–Trinajstić information content (AvgIpc) is 2.64. The highest BCUT2D eigenvalue weighted by molar-refractivity contribution is 6.40. The van der Waals surface area contributed by atoms with E-state index in [2.05, 4.69) is 0 Å². The number of rotatable bonds is 7. The third-order valence-electron chi connectivity index (χ3n) is 3.98. The maximum atomic E-state index is 11.5. The Labute approximate surface area is 150 Å². The Bertz CT molecular complexity index is 962. The van der Waals surface area contributed by atoms with Gasteiger partial charge in [-0.2, -0.15) is 0 Å². The summed E-state index contributed by atoms with van der Waals surface area (Å²) in [7, 11) is 0. The number of ether oxygens (including phenoxy) is 2. The molecule has 0 aliphatic rings. The Kier molecular flexibility index (Phi) is 5.17. The molecule has 0 bridgehead atoms. The summed E-state index contributed by atoms with van der Waals surface area (Å²) in [5.41, 5.74) is 0.725. The lowest BCUT2D eigenvalue weighted by Gasteiger charge is -2.10. The Morgan fingerprint density at radius 2 is 1.46 bits per heavy atom. The molecule has 0 aromatic heterocycles. The molecule has 3 rings (SSSR count). The first kappa shape index (κ1) is 17.5. The van der Waals surface area contributed by atoms with Crippen molar-refractivity contribution in [1.82, 2.24) is 0 Å². The Balaban J connectivity index is 1.55. The normalized spacial score (nSPS) is 10.5. The second-order valence-electron chi connectivity index (χ2n) is 5.82. The van der Waals surface area contributed by atoms with Gasteiger partial charge in [-0.25, -0.2) is 4.79 Å². The molecule has 0 saturated heterocycles. The number of Topliss-reactive ketones (excluding diaryl/α,β-unsaturated/α-hetero) is 1. The van der Waals surface area contributed by atoms with Crippen molar-refractivity contribution in [3.63, 3.8) is 0 Å². The smallest absolute Gasteiger partial charge is 0.377 e. The van der Waals surface area contributed by atoms with Crippen LogP contribution in [0.2, 0.25) is 0 Å². The van der Waals surface area contributed by atoms with Gasteiger partial charge in [0, 0.05) is 5.56 Å². The van der Waals surface area contributed by atoms with E-state index < -0.39 is 11.8 Å². The first-order valence-corrected chi connectivity index (χ1v) is 8.17. The van der Waals surface area contributed by atoms with Crippen LogP contribution in [0.5, 0.6) is 11.5 Å². The summed E-state index contributed by atoms with van der Waals surface area (Å²) < 4.78 is 11.3. The van der Waals surface area contributed by atoms with Crippen LogP contribution < -0.4 is 9.47 Å². The summed E-state index contributed by atoms with van der Waals surface area (Å²) in [5, 5.41) is 11.0. The van der Waals surface area contributed by atoms with Crippen molar-refractivity contribution in [1.29, 1.82) is 0 Å². The number of hydrogen-bond donors (Lipinski definition) is 1. The lowest BCUT2D eigenvalue weighted by molar-refractivity contribution is -0.131. The van der Waals surface area contributed by atoms with Gasteiger partial charge in [-0.05, 0) is 53.6 Å². The van der Waals surface area contributed by atoms with Crippen molar-refractivity contribution >= 4 is 22.5 Å². The van der Waals surface area contributed by atoms with Crippen molar-refractivity contribution in [3.05, 3.63) is 71.8 Å². The standard InChI is InChI=1S/C21H18O5/c1-14-12-17(8-9-19(14)20(22)21(23)24)25-10-11-26-18-7-6-15-4-2-3-5-16(15)13-18/h2-9,12-13H,10-11H2,1H3,(H,23,24). The third-order valence-corrected chi connectivity index (χ3v) is 3.98. The molecule has 0 aliphatic carbocycles. The molecule has 5 nitrogen and oxygen atoms in total. The number of carbonyl (C=O) groups is 2. The molecule has 0 fully saturated rings. The van der Waals surface area contributed by atoms with E-state index >= 15 is 0 Å². The summed E-state index contributed by atoms with van der Waals surface area (Å²) in [4.78, 5) is 22.3. The number of hydrogen-bond acceptors (Lipinski definition) is 4. The fourth-order valence-corrected chi connectivity index (χ4v) is 2.67.